The van der Waals surface area contributed by atoms with Gasteiger partial charge in [0.15, 0.2) is 0 Å². The Bertz CT molecular complexity index is 1140. The van der Waals surface area contributed by atoms with Crippen LogP contribution >= 0.6 is 11.6 Å². The molecule has 0 aliphatic carbocycles. The van der Waals surface area contributed by atoms with Gasteiger partial charge in [-0.3, -0.25) is 0 Å². The molecule has 3 aromatic rings. The molecule has 0 saturated carbocycles. The predicted molar refractivity (Wildman–Crippen MR) is 126 cm³/mol. The summed E-state index contributed by atoms with van der Waals surface area (Å²) >= 11 is 5.95. The number of unbranched alkanes of at least 4 members (excludes halogenated alkanes) is 1. The lowest BCUT2D eigenvalue weighted by Crippen LogP contribution is -2.32. The number of nitrogens with one attached hydrogen (secondary N) is 3. The maximum Gasteiger partial charge on any atom is 0.408 e. The SMILES string of the molecule is NS(=O)(=O)NCCCC[C@H](NC(=O)OCc1ccccc1)c1cnc(-c2ccc(Cl)cc2)[nH]1. The van der Waals surface area contributed by atoms with E-state index >= 15 is 0 Å². The van der Waals surface area contributed by atoms with Gasteiger partial charge < -0.3 is 15.0 Å². The molecule has 5 N–H and O–H groups in total. The summed E-state index contributed by atoms with van der Waals surface area (Å²) in [5.74, 6) is 0.641. The van der Waals surface area contributed by atoms with Crippen LogP contribution < -0.4 is 15.2 Å². The number of alkyl carbamates (subject to hydrolysis) is 1. The highest BCUT2D eigenvalue weighted by atomic mass is 35.5. The fourth-order valence-corrected chi connectivity index (χ4v) is 3.72. The van der Waals surface area contributed by atoms with E-state index in [0.29, 0.717) is 35.8 Å². The van der Waals surface area contributed by atoms with Gasteiger partial charge >= 0.3 is 6.09 Å². The fraction of sp³-hybridized carbons (Fsp3) is 0.273. The Kier molecular flexibility index (Phi) is 8.84. The Morgan fingerprint density at radius 3 is 2.55 bits per heavy atom. The van der Waals surface area contributed by atoms with Crippen molar-refractivity contribution < 1.29 is 17.9 Å². The molecule has 9 nitrogen and oxygen atoms in total. The highest BCUT2D eigenvalue weighted by Gasteiger charge is 2.18. The second kappa shape index (κ2) is 11.8. The molecule has 0 aliphatic heterocycles. The molecule has 0 bridgehead atoms. The van der Waals surface area contributed by atoms with Crippen molar-refractivity contribution in [3.63, 3.8) is 0 Å². The minimum atomic E-state index is -3.73. The lowest BCUT2D eigenvalue weighted by atomic mass is 10.1. The Hall–Kier alpha value is -2.92. The second-order valence-electron chi connectivity index (χ2n) is 7.39. The summed E-state index contributed by atoms with van der Waals surface area (Å²) in [5.41, 5.74) is 2.44. The zero-order valence-electron chi connectivity index (χ0n) is 17.8. The van der Waals surface area contributed by atoms with Gasteiger partial charge in [0.25, 0.3) is 10.2 Å². The van der Waals surface area contributed by atoms with Crippen LogP contribution in [0.5, 0.6) is 0 Å². The standard InChI is InChI=1S/C22H26ClN5O4S/c23-18-11-9-17(10-12-18)21-25-14-20(27-21)19(8-4-5-13-26-33(24,30)31)28-22(29)32-15-16-6-2-1-3-7-16/h1-3,6-7,9-12,14,19,26H,4-5,8,13,15H2,(H,25,27)(H,28,29)(H2,24,30,31)/t19-/m0/s1. The maximum absolute atomic E-state index is 12.4. The van der Waals surface area contributed by atoms with Gasteiger partial charge in [-0.15, -0.1) is 0 Å². The minimum absolute atomic E-state index is 0.149. The van der Waals surface area contributed by atoms with Crippen molar-refractivity contribution in [1.29, 1.82) is 0 Å². The number of hydrogen-bond acceptors (Lipinski definition) is 5. The average Bonchev–Trinajstić information content (AvgIpc) is 3.27. The van der Waals surface area contributed by atoms with Crippen molar-refractivity contribution in [2.24, 2.45) is 5.14 Å². The highest BCUT2D eigenvalue weighted by Crippen LogP contribution is 2.23. The number of carbonyl (C=O) groups excluding carboxylic acids is 1. The third kappa shape index (κ3) is 8.50. The van der Waals surface area contributed by atoms with E-state index in [0.717, 1.165) is 11.1 Å². The number of benzene rings is 2. The first-order chi connectivity index (χ1) is 15.8. The van der Waals surface area contributed by atoms with E-state index in [1.54, 1.807) is 18.3 Å². The maximum atomic E-state index is 12.4. The Morgan fingerprint density at radius 2 is 1.85 bits per heavy atom. The first-order valence-electron chi connectivity index (χ1n) is 10.4. The van der Waals surface area contributed by atoms with Crippen LogP contribution in [-0.4, -0.2) is 31.0 Å². The van der Waals surface area contributed by atoms with Crippen LogP contribution in [0.15, 0.2) is 60.8 Å². The van der Waals surface area contributed by atoms with Gasteiger partial charge in [0.2, 0.25) is 0 Å². The molecular weight excluding hydrogens is 466 g/mol. The normalized spacial score (nSPS) is 12.3. The van der Waals surface area contributed by atoms with Gasteiger partial charge in [0.05, 0.1) is 17.9 Å². The topological polar surface area (TPSA) is 139 Å². The minimum Gasteiger partial charge on any atom is -0.445 e. The molecule has 0 radical (unpaired) electrons. The average molecular weight is 492 g/mol. The number of H-pyrrole nitrogens is 1. The zero-order chi connectivity index (χ0) is 23.7. The number of halogens is 1. The number of aromatic amines is 1. The quantitative estimate of drug-likeness (QED) is 0.303. The van der Waals surface area contributed by atoms with E-state index in [-0.39, 0.29) is 13.2 Å². The summed E-state index contributed by atoms with van der Waals surface area (Å²) in [6.45, 7) is 0.361. The van der Waals surface area contributed by atoms with Crippen molar-refractivity contribution in [2.45, 2.75) is 31.9 Å². The third-order valence-corrected chi connectivity index (χ3v) is 5.67. The number of ether oxygens (including phenoxy) is 1. The molecule has 1 atom stereocenters. The van der Waals surface area contributed by atoms with Crippen LogP contribution in [0, 0.1) is 0 Å². The van der Waals surface area contributed by atoms with Crippen LogP contribution in [0.1, 0.15) is 36.6 Å². The molecule has 33 heavy (non-hydrogen) atoms. The number of imidazole rings is 1. The smallest absolute Gasteiger partial charge is 0.408 e. The van der Waals surface area contributed by atoms with Crippen LogP contribution in [-0.2, 0) is 21.6 Å². The van der Waals surface area contributed by atoms with Gasteiger partial charge in [-0.1, -0.05) is 41.9 Å². The van der Waals surface area contributed by atoms with E-state index in [4.69, 9.17) is 21.5 Å². The number of amides is 1. The predicted octanol–water partition coefficient (Wildman–Crippen LogP) is 3.66. The third-order valence-electron chi connectivity index (χ3n) is 4.82. The lowest BCUT2D eigenvalue weighted by molar-refractivity contribution is 0.134. The molecule has 2 aromatic carbocycles. The number of carbonyl (C=O) groups is 1. The highest BCUT2D eigenvalue weighted by molar-refractivity contribution is 7.87. The lowest BCUT2D eigenvalue weighted by Gasteiger charge is -2.17. The van der Waals surface area contributed by atoms with E-state index in [9.17, 15) is 13.2 Å². The van der Waals surface area contributed by atoms with E-state index in [1.165, 1.54) is 0 Å². The van der Waals surface area contributed by atoms with Gasteiger partial charge in [0.1, 0.15) is 12.4 Å². The summed E-state index contributed by atoms with van der Waals surface area (Å²) in [5, 5.41) is 8.44. The molecule has 0 fully saturated rings. The molecule has 1 amide bonds. The molecule has 0 aliphatic rings. The van der Waals surface area contributed by atoms with Crippen molar-refractivity contribution in [3.05, 3.63) is 77.1 Å². The largest absolute Gasteiger partial charge is 0.445 e. The Balaban J connectivity index is 1.64. The van der Waals surface area contributed by atoms with Gasteiger partial charge in [-0.25, -0.2) is 19.6 Å². The monoisotopic (exact) mass is 491 g/mol. The molecule has 1 aromatic heterocycles. The van der Waals surface area contributed by atoms with E-state index in [1.807, 2.05) is 42.5 Å². The zero-order valence-corrected chi connectivity index (χ0v) is 19.4. The number of nitrogens with two attached hydrogens (primary N) is 1. The Labute approximate surface area is 197 Å². The number of aromatic nitrogens is 2. The summed E-state index contributed by atoms with van der Waals surface area (Å²) in [6.07, 6.45) is 2.81. The second-order valence-corrected chi connectivity index (χ2v) is 9.20. The molecule has 0 spiro atoms. The molecule has 1 heterocycles. The van der Waals surface area contributed by atoms with Gasteiger partial charge in [0, 0.05) is 17.1 Å². The first kappa shape index (κ1) is 24.7. The molecule has 0 saturated heterocycles. The van der Waals surface area contributed by atoms with Crippen molar-refractivity contribution >= 4 is 27.9 Å². The molecule has 176 valence electrons. The number of rotatable bonds is 11. The summed E-state index contributed by atoms with van der Waals surface area (Å²) in [4.78, 5) is 20.1. The first-order valence-corrected chi connectivity index (χ1v) is 12.3. The van der Waals surface area contributed by atoms with Gasteiger partial charge in [-0.2, -0.15) is 8.42 Å². The van der Waals surface area contributed by atoms with Crippen LogP contribution in [0.25, 0.3) is 11.4 Å². The van der Waals surface area contributed by atoms with Crippen molar-refractivity contribution in [1.82, 2.24) is 20.0 Å². The van der Waals surface area contributed by atoms with Crippen LogP contribution in [0.4, 0.5) is 4.79 Å². The number of hydrogen-bond donors (Lipinski definition) is 4. The van der Waals surface area contributed by atoms with E-state index < -0.39 is 22.3 Å². The van der Waals surface area contributed by atoms with Crippen molar-refractivity contribution in [2.75, 3.05) is 6.54 Å². The molecular formula is C22H26ClN5O4S. The van der Waals surface area contributed by atoms with Gasteiger partial charge in [-0.05, 0) is 49.1 Å². The molecule has 0 unspecified atom stereocenters. The summed E-state index contributed by atoms with van der Waals surface area (Å²) in [7, 11) is -3.73. The van der Waals surface area contributed by atoms with Crippen LogP contribution in [0.2, 0.25) is 5.02 Å². The summed E-state index contributed by atoms with van der Waals surface area (Å²) < 4.78 is 29.6. The molecule has 11 heteroatoms. The summed E-state index contributed by atoms with van der Waals surface area (Å²) in [6, 6.07) is 16.2. The number of nitrogens with zero attached hydrogens (tertiary/aromatic N) is 1. The fourth-order valence-electron chi connectivity index (χ4n) is 3.17. The molecule has 3 rings (SSSR count). The van der Waals surface area contributed by atoms with Crippen molar-refractivity contribution in [3.8, 4) is 11.4 Å². The van der Waals surface area contributed by atoms with E-state index in [2.05, 4.69) is 20.0 Å². The Morgan fingerprint density at radius 1 is 1.12 bits per heavy atom. The van der Waals surface area contributed by atoms with Crippen LogP contribution in [0.3, 0.4) is 0 Å².